The Morgan fingerprint density at radius 1 is 1.10 bits per heavy atom. The Morgan fingerprint density at radius 3 is 2.79 bits per heavy atom. The molecule has 1 saturated heterocycles. The second-order valence-electron chi connectivity index (χ2n) is 6.43. The summed E-state index contributed by atoms with van der Waals surface area (Å²) in [6.45, 7) is 0. The van der Waals surface area contributed by atoms with Crippen LogP contribution in [-0.4, -0.2) is 16.1 Å². The van der Waals surface area contributed by atoms with Crippen molar-refractivity contribution in [3.8, 4) is 16.5 Å². The summed E-state index contributed by atoms with van der Waals surface area (Å²) in [6.07, 6.45) is 3.48. The number of aromatic nitrogens is 1. The van der Waals surface area contributed by atoms with Crippen LogP contribution in [0.15, 0.2) is 59.6 Å². The van der Waals surface area contributed by atoms with Crippen LogP contribution in [-0.2, 0) is 4.79 Å². The zero-order chi connectivity index (χ0) is 20.0. The maximum Gasteiger partial charge on any atom is 0.290 e. The summed E-state index contributed by atoms with van der Waals surface area (Å²) in [4.78, 5) is 29.1. The number of carbonyl (C=O) groups is 2. The molecule has 4 aromatic rings. The Labute approximate surface area is 173 Å². The summed E-state index contributed by atoms with van der Waals surface area (Å²) < 4.78 is 0.964. The van der Waals surface area contributed by atoms with Crippen LogP contribution in [0.25, 0.3) is 37.5 Å². The average Bonchev–Trinajstić information content (AvgIpc) is 3.29. The normalized spacial score (nSPS) is 15.2. The monoisotopic (exact) mass is 413 g/mol. The van der Waals surface area contributed by atoms with Gasteiger partial charge in [0.05, 0.1) is 20.7 Å². The van der Waals surface area contributed by atoms with Crippen molar-refractivity contribution in [1.29, 1.82) is 5.26 Å². The molecule has 2 aromatic heterocycles. The smallest absolute Gasteiger partial charge is 0.282 e. The first kappa shape index (κ1) is 17.6. The zero-order valence-electron chi connectivity index (χ0n) is 14.8. The fourth-order valence-corrected chi connectivity index (χ4v) is 5.17. The first-order valence-electron chi connectivity index (χ1n) is 8.69. The third kappa shape index (κ3) is 3.09. The van der Waals surface area contributed by atoms with E-state index in [0.29, 0.717) is 10.5 Å². The SMILES string of the molecule is N#Cc1cccc2cc(-c3ccnc4ccc(/C=C5/SC(=O)NC5=O)cc34)sc12. The van der Waals surface area contributed by atoms with Gasteiger partial charge in [0, 0.05) is 22.0 Å². The van der Waals surface area contributed by atoms with Crippen LogP contribution in [0.2, 0.25) is 0 Å². The van der Waals surface area contributed by atoms with Gasteiger partial charge < -0.3 is 0 Å². The minimum atomic E-state index is -0.375. The summed E-state index contributed by atoms with van der Waals surface area (Å²) in [6, 6.07) is 17.7. The first-order valence-corrected chi connectivity index (χ1v) is 10.3. The number of imide groups is 1. The summed E-state index contributed by atoms with van der Waals surface area (Å²) in [5.41, 5.74) is 3.33. The van der Waals surface area contributed by atoms with Gasteiger partial charge in [-0.1, -0.05) is 18.2 Å². The summed E-state index contributed by atoms with van der Waals surface area (Å²) >= 11 is 2.48. The molecule has 0 spiro atoms. The summed E-state index contributed by atoms with van der Waals surface area (Å²) in [5.74, 6) is -0.375. The lowest BCUT2D eigenvalue weighted by Gasteiger charge is -2.05. The van der Waals surface area contributed by atoms with Crippen LogP contribution < -0.4 is 5.32 Å². The lowest BCUT2D eigenvalue weighted by atomic mass is 10.0. The number of rotatable bonds is 2. The molecular formula is C22H11N3O2S2. The van der Waals surface area contributed by atoms with Crippen molar-refractivity contribution in [3.05, 3.63) is 70.8 Å². The highest BCUT2D eigenvalue weighted by molar-refractivity contribution is 8.18. The van der Waals surface area contributed by atoms with E-state index in [4.69, 9.17) is 0 Å². The quantitative estimate of drug-likeness (QED) is 0.450. The van der Waals surface area contributed by atoms with Gasteiger partial charge in [0.15, 0.2) is 0 Å². The molecule has 1 aliphatic rings. The predicted octanol–water partition coefficient (Wildman–Crippen LogP) is 5.31. The molecule has 2 amide bonds. The van der Waals surface area contributed by atoms with Crippen LogP contribution in [0.1, 0.15) is 11.1 Å². The molecule has 0 radical (unpaired) electrons. The van der Waals surface area contributed by atoms with Crippen LogP contribution in [0.4, 0.5) is 4.79 Å². The van der Waals surface area contributed by atoms with E-state index >= 15 is 0 Å². The number of amides is 2. The third-order valence-corrected chi connectivity index (χ3v) is 6.66. The number of nitrogens with zero attached hydrogens (tertiary/aromatic N) is 2. The van der Waals surface area contributed by atoms with Gasteiger partial charge >= 0.3 is 0 Å². The number of thioether (sulfide) groups is 1. The Bertz CT molecular complexity index is 1410. The molecule has 0 saturated carbocycles. The van der Waals surface area contributed by atoms with Crippen molar-refractivity contribution < 1.29 is 9.59 Å². The highest BCUT2D eigenvalue weighted by Gasteiger charge is 2.25. The van der Waals surface area contributed by atoms with Crippen molar-refractivity contribution in [2.75, 3.05) is 0 Å². The number of nitriles is 1. The number of hydrogen-bond donors (Lipinski definition) is 1. The fraction of sp³-hybridized carbons (Fsp3) is 0. The van der Waals surface area contributed by atoms with E-state index in [9.17, 15) is 14.9 Å². The van der Waals surface area contributed by atoms with Gasteiger partial charge in [-0.05, 0) is 59.1 Å². The minimum absolute atomic E-state index is 0.358. The Balaban J connectivity index is 1.67. The van der Waals surface area contributed by atoms with Gasteiger partial charge in [-0.15, -0.1) is 11.3 Å². The molecule has 1 aliphatic heterocycles. The van der Waals surface area contributed by atoms with Crippen molar-refractivity contribution in [3.63, 3.8) is 0 Å². The molecule has 0 atom stereocenters. The van der Waals surface area contributed by atoms with Gasteiger partial charge in [-0.25, -0.2) is 0 Å². The lowest BCUT2D eigenvalue weighted by molar-refractivity contribution is -0.115. The molecule has 1 fully saturated rings. The lowest BCUT2D eigenvalue weighted by Crippen LogP contribution is -2.17. The van der Waals surface area contributed by atoms with E-state index < -0.39 is 0 Å². The van der Waals surface area contributed by atoms with Crippen LogP contribution in [0, 0.1) is 11.3 Å². The summed E-state index contributed by atoms with van der Waals surface area (Å²) in [5, 5.41) is 13.3. The van der Waals surface area contributed by atoms with Gasteiger partial charge in [-0.3, -0.25) is 19.9 Å². The number of benzene rings is 2. The predicted molar refractivity (Wildman–Crippen MR) is 116 cm³/mol. The van der Waals surface area contributed by atoms with Crippen LogP contribution in [0.3, 0.4) is 0 Å². The van der Waals surface area contributed by atoms with E-state index in [1.54, 1.807) is 23.6 Å². The van der Waals surface area contributed by atoms with Crippen LogP contribution >= 0.6 is 23.1 Å². The number of hydrogen-bond acceptors (Lipinski definition) is 6. The van der Waals surface area contributed by atoms with E-state index in [2.05, 4.69) is 22.4 Å². The maximum absolute atomic E-state index is 11.8. The highest BCUT2D eigenvalue weighted by atomic mass is 32.2. The molecule has 5 nitrogen and oxygen atoms in total. The maximum atomic E-state index is 11.8. The van der Waals surface area contributed by atoms with Gasteiger partial charge in [0.2, 0.25) is 0 Å². The molecule has 2 aromatic carbocycles. The number of nitrogens with one attached hydrogen (secondary N) is 1. The molecule has 3 heterocycles. The van der Waals surface area contributed by atoms with Crippen molar-refractivity contribution in [1.82, 2.24) is 10.3 Å². The Kier molecular flexibility index (Phi) is 4.16. The van der Waals surface area contributed by atoms with Crippen LogP contribution in [0.5, 0.6) is 0 Å². The van der Waals surface area contributed by atoms with Gasteiger partial charge in [-0.2, -0.15) is 5.26 Å². The number of carbonyl (C=O) groups excluding carboxylic acids is 2. The summed E-state index contributed by atoms with van der Waals surface area (Å²) in [7, 11) is 0. The number of fused-ring (bicyclic) bond motifs is 2. The average molecular weight is 413 g/mol. The third-order valence-electron chi connectivity index (χ3n) is 4.64. The van der Waals surface area contributed by atoms with Crippen molar-refractivity contribution >= 4 is 61.3 Å². The van der Waals surface area contributed by atoms with E-state index in [1.165, 1.54) is 0 Å². The number of thiophene rings is 1. The molecule has 5 rings (SSSR count). The standard InChI is InChI=1S/C22H11N3O2S2/c23-11-14-3-1-2-13-10-18(28-20(13)14)15-6-7-24-17-5-4-12(8-16(15)17)9-19-21(26)25-22(27)29-19/h1-10H,(H,25,26,27)/b19-9+. The minimum Gasteiger partial charge on any atom is -0.282 e. The molecule has 0 unspecified atom stereocenters. The highest BCUT2D eigenvalue weighted by Crippen LogP contribution is 2.38. The van der Waals surface area contributed by atoms with Gasteiger partial charge in [0.25, 0.3) is 11.1 Å². The Morgan fingerprint density at radius 2 is 2.00 bits per heavy atom. The molecule has 138 valence electrons. The van der Waals surface area contributed by atoms with E-state index in [1.807, 2.05) is 42.5 Å². The fourth-order valence-electron chi connectivity index (χ4n) is 3.32. The topological polar surface area (TPSA) is 82.8 Å². The van der Waals surface area contributed by atoms with Crippen molar-refractivity contribution in [2.45, 2.75) is 0 Å². The van der Waals surface area contributed by atoms with E-state index in [-0.39, 0.29) is 11.1 Å². The largest absolute Gasteiger partial charge is 0.290 e. The number of pyridine rings is 1. The van der Waals surface area contributed by atoms with E-state index in [0.717, 1.165) is 48.8 Å². The van der Waals surface area contributed by atoms with Gasteiger partial charge in [0.1, 0.15) is 6.07 Å². The molecule has 0 bridgehead atoms. The van der Waals surface area contributed by atoms with Crippen molar-refractivity contribution in [2.24, 2.45) is 0 Å². The second kappa shape index (κ2) is 6.85. The molecule has 1 N–H and O–H groups in total. The second-order valence-corrected chi connectivity index (χ2v) is 8.50. The zero-order valence-corrected chi connectivity index (χ0v) is 16.4. The first-order chi connectivity index (χ1) is 14.1. The molecular weight excluding hydrogens is 402 g/mol. The Hall–Kier alpha value is -3.47. The molecule has 7 heteroatoms. The molecule has 0 aliphatic carbocycles. The molecule has 29 heavy (non-hydrogen) atoms.